The van der Waals surface area contributed by atoms with Gasteiger partial charge in [0.1, 0.15) is 13.2 Å². The standard InChI is InChI=1S/C22H21NO4S/c1-16-7-9-18(10-8-16)22(17-5-3-2-4-6-17)23-28(24,25)19-11-12-20-21(15-19)27-14-13-26-20/h2-12,15,22-23H,13-14H2,1H3/t22-/m1/s1. The van der Waals surface area contributed by atoms with Gasteiger partial charge in [0, 0.05) is 6.07 Å². The van der Waals surface area contributed by atoms with Crippen LogP contribution in [0.25, 0.3) is 0 Å². The molecule has 144 valence electrons. The molecular formula is C22H21NO4S. The Hall–Kier alpha value is -2.83. The average molecular weight is 395 g/mol. The molecule has 0 bridgehead atoms. The quantitative estimate of drug-likeness (QED) is 0.713. The number of benzene rings is 3. The summed E-state index contributed by atoms with van der Waals surface area (Å²) < 4.78 is 40.1. The fraction of sp³-hybridized carbons (Fsp3) is 0.182. The highest BCUT2D eigenvalue weighted by atomic mass is 32.2. The van der Waals surface area contributed by atoms with Crippen molar-refractivity contribution >= 4 is 10.0 Å². The van der Waals surface area contributed by atoms with Gasteiger partial charge in [0.15, 0.2) is 11.5 Å². The molecule has 0 saturated carbocycles. The monoisotopic (exact) mass is 395 g/mol. The molecular weight excluding hydrogens is 374 g/mol. The second kappa shape index (κ2) is 7.66. The molecule has 0 aliphatic carbocycles. The van der Waals surface area contributed by atoms with E-state index in [0.717, 1.165) is 16.7 Å². The van der Waals surface area contributed by atoms with Gasteiger partial charge in [0.25, 0.3) is 0 Å². The molecule has 0 saturated heterocycles. The molecule has 3 aromatic carbocycles. The lowest BCUT2D eigenvalue weighted by Gasteiger charge is -2.22. The first-order valence-corrected chi connectivity index (χ1v) is 10.5. The molecule has 0 unspecified atom stereocenters. The van der Waals surface area contributed by atoms with E-state index in [9.17, 15) is 8.42 Å². The summed E-state index contributed by atoms with van der Waals surface area (Å²) in [7, 11) is -3.78. The van der Waals surface area contributed by atoms with Gasteiger partial charge in [-0.3, -0.25) is 0 Å². The van der Waals surface area contributed by atoms with Gasteiger partial charge >= 0.3 is 0 Å². The molecule has 28 heavy (non-hydrogen) atoms. The van der Waals surface area contributed by atoms with E-state index in [2.05, 4.69) is 4.72 Å². The lowest BCUT2D eigenvalue weighted by atomic mass is 9.99. The Morgan fingerprint density at radius 1 is 0.821 bits per heavy atom. The van der Waals surface area contributed by atoms with Gasteiger partial charge in [-0.1, -0.05) is 60.2 Å². The number of hydrogen-bond donors (Lipinski definition) is 1. The summed E-state index contributed by atoms with van der Waals surface area (Å²) in [6.07, 6.45) is 0. The predicted octanol–water partition coefficient (Wildman–Crippen LogP) is 3.83. The Morgan fingerprint density at radius 2 is 1.46 bits per heavy atom. The van der Waals surface area contributed by atoms with Crippen LogP contribution in [0.2, 0.25) is 0 Å². The number of aryl methyl sites for hydroxylation is 1. The number of hydrogen-bond acceptors (Lipinski definition) is 4. The summed E-state index contributed by atoms with van der Waals surface area (Å²) in [6.45, 7) is 2.86. The van der Waals surface area contributed by atoms with Crippen LogP contribution in [0.4, 0.5) is 0 Å². The van der Waals surface area contributed by atoms with Crippen molar-refractivity contribution in [1.29, 1.82) is 0 Å². The minimum atomic E-state index is -3.78. The first-order valence-electron chi connectivity index (χ1n) is 9.06. The van der Waals surface area contributed by atoms with Crippen molar-refractivity contribution in [2.24, 2.45) is 0 Å². The van der Waals surface area contributed by atoms with Crippen molar-refractivity contribution in [3.8, 4) is 11.5 Å². The highest BCUT2D eigenvalue weighted by Crippen LogP contribution is 2.33. The van der Waals surface area contributed by atoms with Crippen molar-refractivity contribution in [1.82, 2.24) is 4.72 Å². The van der Waals surface area contributed by atoms with E-state index >= 15 is 0 Å². The normalized spacial score (nSPS) is 14.5. The molecule has 4 rings (SSSR count). The van der Waals surface area contributed by atoms with Gasteiger partial charge in [-0.15, -0.1) is 0 Å². The van der Waals surface area contributed by atoms with Crippen molar-refractivity contribution in [2.45, 2.75) is 17.9 Å². The lowest BCUT2D eigenvalue weighted by Crippen LogP contribution is -2.29. The highest BCUT2D eigenvalue weighted by molar-refractivity contribution is 7.89. The smallest absolute Gasteiger partial charge is 0.241 e. The van der Waals surface area contributed by atoms with Crippen LogP contribution in [0, 0.1) is 6.92 Å². The Balaban J connectivity index is 1.70. The Bertz CT molecular complexity index is 1060. The van der Waals surface area contributed by atoms with E-state index in [-0.39, 0.29) is 4.90 Å². The molecule has 3 aromatic rings. The summed E-state index contributed by atoms with van der Waals surface area (Å²) in [5.74, 6) is 1.00. The van der Waals surface area contributed by atoms with Crippen LogP contribution in [0.5, 0.6) is 11.5 Å². The molecule has 0 radical (unpaired) electrons. The van der Waals surface area contributed by atoms with Gasteiger partial charge < -0.3 is 9.47 Å². The maximum atomic E-state index is 13.1. The molecule has 1 N–H and O–H groups in total. The number of nitrogens with one attached hydrogen (secondary N) is 1. The fourth-order valence-electron chi connectivity index (χ4n) is 3.15. The molecule has 1 aliphatic heterocycles. The molecule has 1 atom stereocenters. The second-order valence-electron chi connectivity index (χ2n) is 6.68. The summed E-state index contributed by atoms with van der Waals surface area (Å²) in [5.41, 5.74) is 2.86. The summed E-state index contributed by atoms with van der Waals surface area (Å²) in [4.78, 5) is 0.143. The van der Waals surface area contributed by atoms with Crippen LogP contribution >= 0.6 is 0 Å². The molecule has 5 nitrogen and oxygen atoms in total. The van der Waals surface area contributed by atoms with Crippen LogP contribution in [0.3, 0.4) is 0 Å². The van der Waals surface area contributed by atoms with Crippen LogP contribution in [0.1, 0.15) is 22.7 Å². The number of ether oxygens (including phenoxy) is 2. The third kappa shape index (κ3) is 3.88. The molecule has 1 heterocycles. The Kier molecular flexibility index (Phi) is 5.07. The van der Waals surface area contributed by atoms with E-state index < -0.39 is 16.1 Å². The zero-order valence-corrected chi connectivity index (χ0v) is 16.3. The SMILES string of the molecule is Cc1ccc([C@H](NS(=O)(=O)c2ccc3c(c2)OCCO3)c2ccccc2)cc1. The van der Waals surface area contributed by atoms with E-state index in [0.29, 0.717) is 24.7 Å². The summed E-state index contributed by atoms with van der Waals surface area (Å²) in [5, 5.41) is 0. The van der Waals surface area contributed by atoms with Gasteiger partial charge in [0.2, 0.25) is 10.0 Å². The van der Waals surface area contributed by atoms with Crippen molar-refractivity contribution < 1.29 is 17.9 Å². The number of rotatable bonds is 5. The maximum absolute atomic E-state index is 13.1. The van der Waals surface area contributed by atoms with Crippen molar-refractivity contribution in [2.75, 3.05) is 13.2 Å². The lowest BCUT2D eigenvalue weighted by molar-refractivity contribution is 0.171. The number of sulfonamides is 1. The minimum Gasteiger partial charge on any atom is -0.486 e. The van der Waals surface area contributed by atoms with Gasteiger partial charge in [0.05, 0.1) is 10.9 Å². The van der Waals surface area contributed by atoms with Gasteiger partial charge in [-0.05, 0) is 30.2 Å². The van der Waals surface area contributed by atoms with Gasteiger partial charge in [-0.25, -0.2) is 8.42 Å². The zero-order chi connectivity index (χ0) is 19.6. The molecule has 0 fully saturated rings. The highest BCUT2D eigenvalue weighted by Gasteiger charge is 2.25. The second-order valence-corrected chi connectivity index (χ2v) is 8.40. The van der Waals surface area contributed by atoms with Crippen LogP contribution in [0.15, 0.2) is 77.7 Å². The zero-order valence-electron chi connectivity index (χ0n) is 15.5. The van der Waals surface area contributed by atoms with Gasteiger partial charge in [-0.2, -0.15) is 4.72 Å². The average Bonchev–Trinajstić information content (AvgIpc) is 2.73. The first-order chi connectivity index (χ1) is 13.5. The van der Waals surface area contributed by atoms with Crippen LogP contribution in [-0.2, 0) is 10.0 Å². The third-order valence-corrected chi connectivity index (χ3v) is 6.06. The van der Waals surface area contributed by atoms with Crippen molar-refractivity contribution in [3.63, 3.8) is 0 Å². The molecule has 1 aliphatic rings. The molecule has 0 spiro atoms. The van der Waals surface area contributed by atoms with Crippen LogP contribution in [-0.4, -0.2) is 21.6 Å². The van der Waals surface area contributed by atoms with E-state index in [1.54, 1.807) is 6.07 Å². The summed E-state index contributed by atoms with van der Waals surface area (Å²) >= 11 is 0. The van der Waals surface area contributed by atoms with Crippen molar-refractivity contribution in [3.05, 3.63) is 89.5 Å². The maximum Gasteiger partial charge on any atom is 0.241 e. The minimum absolute atomic E-state index is 0.143. The summed E-state index contributed by atoms with van der Waals surface area (Å²) in [6, 6.07) is 21.5. The largest absolute Gasteiger partial charge is 0.486 e. The third-order valence-electron chi connectivity index (χ3n) is 4.64. The van der Waals surface area contributed by atoms with E-state index in [1.165, 1.54) is 12.1 Å². The first kappa shape index (κ1) is 18.5. The Labute approximate surface area is 165 Å². The van der Waals surface area contributed by atoms with Crippen LogP contribution < -0.4 is 14.2 Å². The molecule has 6 heteroatoms. The molecule has 0 amide bonds. The Morgan fingerprint density at radius 3 is 2.18 bits per heavy atom. The van der Waals surface area contributed by atoms with E-state index in [4.69, 9.17) is 9.47 Å². The predicted molar refractivity (Wildman–Crippen MR) is 107 cm³/mol. The number of fused-ring (bicyclic) bond motifs is 1. The fourth-order valence-corrected chi connectivity index (χ4v) is 4.37. The van der Waals surface area contributed by atoms with E-state index in [1.807, 2.05) is 61.5 Å². The topological polar surface area (TPSA) is 64.6 Å². The molecule has 0 aromatic heterocycles.